The van der Waals surface area contributed by atoms with Crippen molar-refractivity contribution < 1.29 is 14.3 Å². The Morgan fingerprint density at radius 3 is 2.52 bits per heavy atom. The van der Waals surface area contributed by atoms with Gasteiger partial charge in [0, 0.05) is 17.8 Å². The number of hydrogen-bond acceptors (Lipinski definition) is 5. The number of nitrogens with zero attached hydrogens (tertiary/aromatic N) is 2. The fraction of sp³-hybridized carbons (Fsp3) is 0.278. The third kappa shape index (κ3) is 4.43. The summed E-state index contributed by atoms with van der Waals surface area (Å²) in [6.45, 7) is 3.70. The van der Waals surface area contributed by atoms with E-state index in [2.05, 4.69) is 10.5 Å². The molecule has 1 heterocycles. The van der Waals surface area contributed by atoms with Crippen LogP contribution in [0.3, 0.4) is 0 Å². The van der Waals surface area contributed by atoms with Gasteiger partial charge in [0.25, 0.3) is 11.5 Å². The SMILES string of the molecule is COc1c(Cl)cc(/C=N\NC(=O)c2cccn(C(C)C)c2=O)c(OC)c1Cl. The number of nitrogens with one attached hydrogen (secondary N) is 1. The number of carbonyl (C=O) groups is 1. The van der Waals surface area contributed by atoms with Crippen LogP contribution in [-0.4, -0.2) is 30.9 Å². The number of pyridine rings is 1. The van der Waals surface area contributed by atoms with E-state index in [1.54, 1.807) is 12.3 Å². The predicted octanol–water partition coefficient (Wildman–Crippen LogP) is 3.52. The summed E-state index contributed by atoms with van der Waals surface area (Å²) < 4.78 is 11.8. The minimum absolute atomic E-state index is 0.0129. The number of halogens is 2. The molecule has 0 atom stereocenters. The van der Waals surface area contributed by atoms with Gasteiger partial charge < -0.3 is 14.0 Å². The molecule has 0 bridgehead atoms. The summed E-state index contributed by atoms with van der Waals surface area (Å²) in [7, 11) is 2.87. The summed E-state index contributed by atoms with van der Waals surface area (Å²) in [4.78, 5) is 24.6. The summed E-state index contributed by atoms with van der Waals surface area (Å²) in [5.41, 5.74) is 2.34. The zero-order chi connectivity index (χ0) is 20.1. The number of benzene rings is 1. The third-order valence-corrected chi connectivity index (χ3v) is 4.34. The van der Waals surface area contributed by atoms with Crippen molar-refractivity contribution in [1.29, 1.82) is 0 Å². The number of amides is 1. The second kappa shape index (κ2) is 8.92. The van der Waals surface area contributed by atoms with E-state index in [0.717, 1.165) is 0 Å². The predicted molar refractivity (Wildman–Crippen MR) is 106 cm³/mol. The third-order valence-electron chi connectivity index (χ3n) is 3.71. The zero-order valence-corrected chi connectivity index (χ0v) is 16.8. The number of ether oxygens (including phenoxy) is 2. The van der Waals surface area contributed by atoms with Crippen LogP contribution in [0, 0.1) is 0 Å². The number of methoxy groups -OCH3 is 2. The minimum Gasteiger partial charge on any atom is -0.494 e. The highest BCUT2D eigenvalue weighted by Crippen LogP contribution is 2.41. The Bertz CT molecular complexity index is 939. The van der Waals surface area contributed by atoms with Crippen LogP contribution in [-0.2, 0) is 0 Å². The van der Waals surface area contributed by atoms with Crippen molar-refractivity contribution in [2.45, 2.75) is 19.9 Å². The average Bonchev–Trinajstić information content (AvgIpc) is 2.61. The highest BCUT2D eigenvalue weighted by atomic mass is 35.5. The van der Waals surface area contributed by atoms with Crippen molar-refractivity contribution in [1.82, 2.24) is 9.99 Å². The molecular weight excluding hydrogens is 393 g/mol. The lowest BCUT2D eigenvalue weighted by molar-refractivity contribution is 0.0953. The fourth-order valence-corrected chi connectivity index (χ4v) is 3.11. The Morgan fingerprint density at radius 1 is 1.26 bits per heavy atom. The first-order valence-corrected chi connectivity index (χ1v) is 8.71. The second-order valence-electron chi connectivity index (χ2n) is 5.76. The molecule has 1 N–H and O–H groups in total. The van der Waals surface area contributed by atoms with Crippen LogP contribution in [0.15, 0.2) is 34.3 Å². The zero-order valence-electron chi connectivity index (χ0n) is 15.2. The van der Waals surface area contributed by atoms with E-state index < -0.39 is 11.5 Å². The first-order chi connectivity index (χ1) is 12.8. The van der Waals surface area contributed by atoms with Crippen molar-refractivity contribution in [3.8, 4) is 11.5 Å². The first-order valence-electron chi connectivity index (χ1n) is 7.96. The van der Waals surface area contributed by atoms with E-state index in [-0.39, 0.29) is 33.1 Å². The molecule has 0 saturated heterocycles. The number of carbonyl (C=O) groups excluding carboxylic acids is 1. The van der Waals surface area contributed by atoms with E-state index in [0.29, 0.717) is 5.56 Å². The summed E-state index contributed by atoms with van der Waals surface area (Å²) in [5.74, 6) is -0.0661. The molecule has 27 heavy (non-hydrogen) atoms. The summed E-state index contributed by atoms with van der Waals surface area (Å²) >= 11 is 12.3. The molecule has 0 unspecified atom stereocenters. The van der Waals surface area contributed by atoms with E-state index >= 15 is 0 Å². The molecule has 0 spiro atoms. The van der Waals surface area contributed by atoms with E-state index in [1.165, 1.54) is 37.1 Å². The van der Waals surface area contributed by atoms with Crippen LogP contribution in [0.4, 0.5) is 0 Å². The van der Waals surface area contributed by atoms with Gasteiger partial charge in [-0.25, -0.2) is 5.43 Å². The first kappa shape index (κ1) is 20.8. The van der Waals surface area contributed by atoms with Crippen LogP contribution in [0.25, 0.3) is 0 Å². The van der Waals surface area contributed by atoms with Gasteiger partial charge in [0.15, 0.2) is 5.75 Å². The lowest BCUT2D eigenvalue weighted by Gasteiger charge is -2.12. The van der Waals surface area contributed by atoms with Crippen LogP contribution in [0.1, 0.15) is 35.8 Å². The minimum atomic E-state index is -0.629. The normalized spacial score (nSPS) is 11.1. The van der Waals surface area contributed by atoms with Crippen LogP contribution in [0.5, 0.6) is 11.5 Å². The Kier molecular flexibility index (Phi) is 6.87. The van der Waals surface area contributed by atoms with Crippen LogP contribution >= 0.6 is 23.2 Å². The summed E-state index contributed by atoms with van der Waals surface area (Å²) in [6, 6.07) is 4.54. The highest BCUT2D eigenvalue weighted by molar-refractivity contribution is 6.38. The average molecular weight is 412 g/mol. The molecule has 2 aromatic rings. The Hall–Kier alpha value is -2.51. The largest absolute Gasteiger partial charge is 0.494 e. The van der Waals surface area contributed by atoms with Crippen molar-refractivity contribution in [2.75, 3.05) is 14.2 Å². The molecule has 7 nitrogen and oxygen atoms in total. The van der Waals surface area contributed by atoms with Gasteiger partial charge in [0.05, 0.1) is 25.5 Å². The maximum Gasteiger partial charge on any atom is 0.276 e. The number of hydrogen-bond donors (Lipinski definition) is 1. The topological polar surface area (TPSA) is 81.9 Å². The lowest BCUT2D eigenvalue weighted by Crippen LogP contribution is -2.31. The molecule has 2 rings (SSSR count). The standard InChI is InChI=1S/C18H19Cl2N3O4/c1-10(2)23-7-5-6-12(18(23)25)17(24)22-21-9-11-8-13(19)16(27-4)14(20)15(11)26-3/h5-10H,1-4H3,(H,22,24)/b21-9-. The summed E-state index contributed by atoms with van der Waals surface area (Å²) in [6.07, 6.45) is 2.94. The smallest absolute Gasteiger partial charge is 0.276 e. The second-order valence-corrected chi connectivity index (χ2v) is 6.54. The lowest BCUT2D eigenvalue weighted by atomic mass is 10.2. The Morgan fingerprint density at radius 2 is 1.93 bits per heavy atom. The molecular formula is C18H19Cl2N3O4. The van der Waals surface area contributed by atoms with Gasteiger partial charge in [-0.3, -0.25) is 9.59 Å². The van der Waals surface area contributed by atoms with Gasteiger partial charge >= 0.3 is 0 Å². The van der Waals surface area contributed by atoms with E-state index in [9.17, 15) is 9.59 Å². The molecule has 0 fully saturated rings. The monoisotopic (exact) mass is 411 g/mol. The molecule has 144 valence electrons. The van der Waals surface area contributed by atoms with Gasteiger partial charge in [0.2, 0.25) is 0 Å². The quantitative estimate of drug-likeness (QED) is 0.582. The molecule has 0 radical (unpaired) electrons. The molecule has 9 heteroatoms. The maximum absolute atomic E-state index is 12.3. The number of hydrazone groups is 1. The molecule has 1 amide bonds. The Labute approximate surface area is 166 Å². The Balaban J connectivity index is 2.27. The molecule has 1 aromatic heterocycles. The molecule has 1 aromatic carbocycles. The molecule has 0 aliphatic heterocycles. The number of aromatic nitrogens is 1. The fourth-order valence-electron chi connectivity index (χ4n) is 2.40. The van der Waals surface area contributed by atoms with Crippen LogP contribution in [0.2, 0.25) is 10.0 Å². The van der Waals surface area contributed by atoms with Gasteiger partial charge in [0.1, 0.15) is 16.3 Å². The van der Waals surface area contributed by atoms with Crippen LogP contribution < -0.4 is 20.5 Å². The van der Waals surface area contributed by atoms with Gasteiger partial charge in [-0.15, -0.1) is 0 Å². The number of rotatable bonds is 6. The molecule has 0 aliphatic carbocycles. The van der Waals surface area contributed by atoms with E-state index in [4.69, 9.17) is 32.7 Å². The maximum atomic E-state index is 12.3. The molecule has 0 saturated carbocycles. The van der Waals surface area contributed by atoms with E-state index in [1.807, 2.05) is 13.8 Å². The van der Waals surface area contributed by atoms with Crippen molar-refractivity contribution >= 4 is 35.3 Å². The highest BCUT2D eigenvalue weighted by Gasteiger charge is 2.17. The van der Waals surface area contributed by atoms with Gasteiger partial charge in [-0.2, -0.15) is 5.10 Å². The molecule has 0 aliphatic rings. The van der Waals surface area contributed by atoms with Gasteiger partial charge in [-0.1, -0.05) is 23.2 Å². The van der Waals surface area contributed by atoms with Gasteiger partial charge in [-0.05, 0) is 32.0 Å². The van der Waals surface area contributed by atoms with Crippen molar-refractivity contribution in [3.05, 3.63) is 55.9 Å². The summed E-state index contributed by atoms with van der Waals surface area (Å²) in [5, 5.41) is 4.32. The van der Waals surface area contributed by atoms with Crippen molar-refractivity contribution in [2.24, 2.45) is 5.10 Å². The van der Waals surface area contributed by atoms with Crippen molar-refractivity contribution in [3.63, 3.8) is 0 Å².